The lowest BCUT2D eigenvalue weighted by Gasteiger charge is -2.29. The van der Waals surface area contributed by atoms with Gasteiger partial charge in [-0.05, 0) is 31.1 Å². The number of nitrogens with two attached hydrogens (primary N) is 2. The van der Waals surface area contributed by atoms with Gasteiger partial charge in [-0.1, -0.05) is 27.7 Å². The molecule has 0 aromatic carbocycles. The van der Waals surface area contributed by atoms with Crippen LogP contribution in [0.3, 0.4) is 0 Å². The highest BCUT2D eigenvalue weighted by atomic mass is 16.4. The van der Waals surface area contributed by atoms with Crippen LogP contribution >= 0.6 is 0 Å². The number of nitrogens with zero attached hydrogens (tertiary/aromatic N) is 1. The van der Waals surface area contributed by atoms with Crippen LogP contribution in [0.5, 0.6) is 0 Å². The van der Waals surface area contributed by atoms with Crippen LogP contribution < -0.4 is 22.1 Å². The van der Waals surface area contributed by atoms with E-state index in [1.165, 1.54) is 4.90 Å². The summed E-state index contributed by atoms with van der Waals surface area (Å²) in [5.74, 6) is -3.81. The molecule has 7 N–H and O–H groups in total. The van der Waals surface area contributed by atoms with Crippen LogP contribution in [0.1, 0.15) is 53.4 Å². The summed E-state index contributed by atoms with van der Waals surface area (Å²) in [6, 6.07) is -4.01. The first-order chi connectivity index (χ1) is 14.3. The molecule has 1 fully saturated rings. The number of amides is 4. The SMILES string of the molecule is CC(C)CC(NC(=O)C(NC(=O)C1CCCN1C(=O)C(N)CC(N)=O)C(C)C)C(=O)O. The third-order valence-corrected chi connectivity index (χ3v) is 5.15. The zero-order valence-electron chi connectivity index (χ0n) is 18.6. The third kappa shape index (κ3) is 7.82. The summed E-state index contributed by atoms with van der Waals surface area (Å²) in [5, 5.41) is 14.5. The topological polar surface area (TPSA) is 185 Å². The van der Waals surface area contributed by atoms with Crippen molar-refractivity contribution >= 4 is 29.6 Å². The molecule has 0 radical (unpaired) electrons. The number of carboxylic acid groups (broad SMARTS) is 1. The molecule has 0 spiro atoms. The average molecular weight is 442 g/mol. The maximum Gasteiger partial charge on any atom is 0.326 e. The van der Waals surface area contributed by atoms with E-state index in [2.05, 4.69) is 10.6 Å². The molecule has 176 valence electrons. The number of hydrogen-bond donors (Lipinski definition) is 5. The van der Waals surface area contributed by atoms with Crippen molar-refractivity contribution in [2.24, 2.45) is 23.3 Å². The molecule has 1 saturated heterocycles. The number of rotatable bonds is 11. The highest BCUT2D eigenvalue weighted by molar-refractivity contribution is 5.95. The van der Waals surface area contributed by atoms with Crippen molar-refractivity contribution in [3.8, 4) is 0 Å². The van der Waals surface area contributed by atoms with Gasteiger partial charge in [0.05, 0.1) is 12.5 Å². The number of likely N-dealkylation sites (tertiary alicyclic amines) is 1. The predicted molar refractivity (Wildman–Crippen MR) is 112 cm³/mol. The molecule has 11 nitrogen and oxygen atoms in total. The largest absolute Gasteiger partial charge is 0.480 e. The molecular formula is C20H35N5O6. The highest BCUT2D eigenvalue weighted by Crippen LogP contribution is 2.19. The maximum atomic E-state index is 12.9. The first-order valence-corrected chi connectivity index (χ1v) is 10.5. The summed E-state index contributed by atoms with van der Waals surface area (Å²) >= 11 is 0. The van der Waals surface area contributed by atoms with E-state index < -0.39 is 53.8 Å². The van der Waals surface area contributed by atoms with Crippen LogP contribution in [-0.4, -0.2) is 70.3 Å². The van der Waals surface area contributed by atoms with Gasteiger partial charge in [-0.25, -0.2) is 4.79 Å². The van der Waals surface area contributed by atoms with Gasteiger partial charge in [0, 0.05) is 6.54 Å². The normalized spacial score (nSPS) is 19.1. The van der Waals surface area contributed by atoms with Crippen LogP contribution in [0.25, 0.3) is 0 Å². The Hall–Kier alpha value is -2.69. The minimum atomic E-state index is -1.15. The second-order valence-corrected chi connectivity index (χ2v) is 8.73. The van der Waals surface area contributed by atoms with Crippen LogP contribution in [0.4, 0.5) is 0 Å². The molecule has 4 atom stereocenters. The first-order valence-electron chi connectivity index (χ1n) is 10.5. The van der Waals surface area contributed by atoms with Gasteiger partial charge in [0.1, 0.15) is 18.1 Å². The molecule has 4 unspecified atom stereocenters. The summed E-state index contributed by atoms with van der Waals surface area (Å²) < 4.78 is 0. The Morgan fingerprint density at radius 1 is 1.10 bits per heavy atom. The lowest BCUT2D eigenvalue weighted by atomic mass is 10.00. The average Bonchev–Trinajstić information content (AvgIpc) is 3.13. The fraction of sp³-hybridized carbons (Fsp3) is 0.750. The molecule has 4 amide bonds. The molecule has 1 aliphatic rings. The Kier molecular flexibility index (Phi) is 9.89. The fourth-order valence-electron chi connectivity index (χ4n) is 3.56. The van der Waals surface area contributed by atoms with Crippen LogP contribution in [0.15, 0.2) is 0 Å². The fourth-order valence-corrected chi connectivity index (χ4v) is 3.56. The molecule has 31 heavy (non-hydrogen) atoms. The van der Waals surface area contributed by atoms with Crippen molar-refractivity contribution in [2.75, 3.05) is 6.54 Å². The van der Waals surface area contributed by atoms with Gasteiger partial charge < -0.3 is 32.1 Å². The van der Waals surface area contributed by atoms with Gasteiger partial charge in [0.15, 0.2) is 0 Å². The van der Waals surface area contributed by atoms with Gasteiger partial charge in [-0.15, -0.1) is 0 Å². The first kappa shape index (κ1) is 26.3. The Bertz CT molecular complexity index is 696. The summed E-state index contributed by atoms with van der Waals surface area (Å²) in [7, 11) is 0. The zero-order valence-corrected chi connectivity index (χ0v) is 18.6. The van der Waals surface area contributed by atoms with Gasteiger partial charge in [-0.3, -0.25) is 19.2 Å². The summed E-state index contributed by atoms with van der Waals surface area (Å²) in [6.45, 7) is 7.44. The molecule has 1 aliphatic heterocycles. The van der Waals surface area contributed by atoms with E-state index in [4.69, 9.17) is 11.5 Å². The summed E-state index contributed by atoms with van der Waals surface area (Å²) in [4.78, 5) is 62.0. The van der Waals surface area contributed by atoms with Crippen molar-refractivity contribution in [1.29, 1.82) is 0 Å². The smallest absolute Gasteiger partial charge is 0.326 e. The number of hydrogen-bond acceptors (Lipinski definition) is 6. The molecule has 0 aromatic rings. The lowest BCUT2D eigenvalue weighted by Crippen LogP contribution is -2.58. The van der Waals surface area contributed by atoms with E-state index in [1.807, 2.05) is 13.8 Å². The molecular weight excluding hydrogens is 406 g/mol. The highest BCUT2D eigenvalue weighted by Gasteiger charge is 2.38. The van der Waals surface area contributed by atoms with E-state index in [0.29, 0.717) is 19.4 Å². The van der Waals surface area contributed by atoms with Gasteiger partial charge in [0.2, 0.25) is 23.6 Å². The summed E-state index contributed by atoms with van der Waals surface area (Å²) in [6.07, 6.45) is 0.884. The van der Waals surface area contributed by atoms with E-state index in [1.54, 1.807) is 13.8 Å². The lowest BCUT2D eigenvalue weighted by molar-refractivity contribution is -0.143. The van der Waals surface area contributed by atoms with Crippen molar-refractivity contribution in [2.45, 2.75) is 77.5 Å². The van der Waals surface area contributed by atoms with E-state index in [9.17, 15) is 29.1 Å². The van der Waals surface area contributed by atoms with E-state index in [0.717, 1.165) is 0 Å². The molecule has 0 saturated carbocycles. The number of carbonyl (C=O) groups excluding carboxylic acids is 4. The van der Waals surface area contributed by atoms with Gasteiger partial charge in [0.25, 0.3) is 0 Å². The van der Waals surface area contributed by atoms with Crippen molar-refractivity contribution < 1.29 is 29.1 Å². The van der Waals surface area contributed by atoms with E-state index >= 15 is 0 Å². The Balaban J connectivity index is 2.88. The molecule has 1 heterocycles. The quantitative estimate of drug-likeness (QED) is 0.270. The van der Waals surface area contributed by atoms with Crippen LogP contribution in [0.2, 0.25) is 0 Å². The monoisotopic (exact) mass is 441 g/mol. The number of carboxylic acids is 1. The van der Waals surface area contributed by atoms with Gasteiger partial charge in [-0.2, -0.15) is 0 Å². The Morgan fingerprint density at radius 2 is 1.71 bits per heavy atom. The van der Waals surface area contributed by atoms with Crippen LogP contribution in [0, 0.1) is 11.8 Å². The van der Waals surface area contributed by atoms with Crippen molar-refractivity contribution in [3.05, 3.63) is 0 Å². The zero-order chi connectivity index (χ0) is 23.9. The summed E-state index contributed by atoms with van der Waals surface area (Å²) in [5.41, 5.74) is 10.8. The third-order valence-electron chi connectivity index (χ3n) is 5.15. The predicted octanol–water partition coefficient (Wildman–Crippen LogP) is -1.06. The molecule has 11 heteroatoms. The Morgan fingerprint density at radius 3 is 2.19 bits per heavy atom. The minimum Gasteiger partial charge on any atom is -0.480 e. The van der Waals surface area contributed by atoms with Crippen molar-refractivity contribution in [1.82, 2.24) is 15.5 Å². The van der Waals surface area contributed by atoms with E-state index in [-0.39, 0.29) is 24.7 Å². The number of aliphatic carboxylic acids is 1. The maximum absolute atomic E-state index is 12.9. The second kappa shape index (κ2) is 11.6. The molecule has 0 aliphatic carbocycles. The molecule has 0 aromatic heterocycles. The number of nitrogens with one attached hydrogen (secondary N) is 2. The molecule has 0 bridgehead atoms. The molecule has 1 rings (SSSR count). The van der Waals surface area contributed by atoms with Crippen LogP contribution in [-0.2, 0) is 24.0 Å². The second-order valence-electron chi connectivity index (χ2n) is 8.73. The number of carbonyl (C=O) groups is 5. The Labute approximate surface area is 182 Å². The van der Waals surface area contributed by atoms with Gasteiger partial charge >= 0.3 is 5.97 Å². The van der Waals surface area contributed by atoms with Crippen molar-refractivity contribution in [3.63, 3.8) is 0 Å². The minimum absolute atomic E-state index is 0.0520. The number of primary amides is 1. The standard InChI is InChI=1S/C20H35N5O6/c1-10(2)8-13(20(30)31)23-18(28)16(11(3)4)24-17(27)14-6-5-7-25(14)19(29)12(21)9-15(22)26/h10-14,16H,5-9,21H2,1-4H3,(H2,22,26)(H,23,28)(H,24,27)(H,30,31).